The van der Waals surface area contributed by atoms with Crippen LogP contribution in [0, 0.1) is 20.8 Å². The highest BCUT2D eigenvalue weighted by Crippen LogP contribution is 2.08. The fraction of sp³-hybridized carbons (Fsp3) is 0.300. The fourth-order valence-electron chi connectivity index (χ4n) is 1.42. The van der Waals surface area contributed by atoms with Crippen molar-refractivity contribution in [3.63, 3.8) is 0 Å². The van der Waals surface area contributed by atoms with Gasteiger partial charge in [0, 0.05) is 23.7 Å². The van der Waals surface area contributed by atoms with E-state index < -0.39 is 0 Å². The van der Waals surface area contributed by atoms with Gasteiger partial charge in [-0.1, -0.05) is 0 Å². The zero-order valence-corrected chi connectivity index (χ0v) is 8.52. The topological polar surface area (TPSA) is 43.6 Å². The number of aromatic nitrogens is 4. The van der Waals surface area contributed by atoms with E-state index in [-0.39, 0.29) is 0 Å². The molecular weight excluding hydrogens is 176 g/mol. The summed E-state index contributed by atoms with van der Waals surface area (Å²) in [4.78, 5) is 8.55. The van der Waals surface area contributed by atoms with Crippen LogP contribution in [0.2, 0.25) is 0 Å². The molecule has 0 aliphatic heterocycles. The smallest absolute Gasteiger partial charge is 0.157 e. The molecule has 0 amide bonds. The van der Waals surface area contributed by atoms with Gasteiger partial charge in [-0.2, -0.15) is 5.10 Å². The molecule has 2 rings (SSSR count). The molecule has 2 aromatic rings. The molecule has 0 saturated heterocycles. The Kier molecular flexibility index (Phi) is 2.04. The number of hydrogen-bond donors (Lipinski definition) is 0. The van der Waals surface area contributed by atoms with E-state index in [1.165, 1.54) is 0 Å². The molecule has 14 heavy (non-hydrogen) atoms. The van der Waals surface area contributed by atoms with Gasteiger partial charge in [-0.15, -0.1) is 0 Å². The van der Waals surface area contributed by atoms with Gasteiger partial charge >= 0.3 is 0 Å². The van der Waals surface area contributed by atoms with E-state index in [4.69, 9.17) is 0 Å². The summed E-state index contributed by atoms with van der Waals surface area (Å²) in [5.74, 6) is 1.60. The molecular formula is C10H12N4. The maximum atomic E-state index is 4.33. The summed E-state index contributed by atoms with van der Waals surface area (Å²) in [7, 11) is 0. The molecule has 0 aliphatic carbocycles. The molecule has 0 fully saturated rings. The fourth-order valence-corrected chi connectivity index (χ4v) is 1.42. The largest absolute Gasteiger partial charge is 0.238 e. The van der Waals surface area contributed by atoms with Gasteiger partial charge < -0.3 is 0 Å². The molecule has 0 N–H and O–H groups in total. The first-order chi connectivity index (χ1) is 6.66. The van der Waals surface area contributed by atoms with Crippen molar-refractivity contribution in [2.45, 2.75) is 20.8 Å². The number of nitrogens with zero attached hydrogens (tertiary/aromatic N) is 4. The minimum atomic E-state index is 0.773. The second kappa shape index (κ2) is 3.21. The van der Waals surface area contributed by atoms with E-state index in [1.807, 2.05) is 37.6 Å². The number of hydrogen-bond acceptors (Lipinski definition) is 3. The Labute approximate surface area is 82.6 Å². The van der Waals surface area contributed by atoms with E-state index in [2.05, 4.69) is 15.1 Å². The zero-order chi connectivity index (χ0) is 10.1. The molecule has 2 aromatic heterocycles. The van der Waals surface area contributed by atoms with Crippen LogP contribution in [0.3, 0.4) is 0 Å². The third kappa shape index (κ3) is 1.51. The van der Waals surface area contributed by atoms with Crippen LogP contribution in [-0.2, 0) is 0 Å². The van der Waals surface area contributed by atoms with E-state index in [9.17, 15) is 0 Å². The number of aryl methyl sites for hydroxylation is 3. The maximum absolute atomic E-state index is 4.33. The molecule has 0 unspecified atom stereocenters. The van der Waals surface area contributed by atoms with Crippen molar-refractivity contribution in [2.24, 2.45) is 0 Å². The molecule has 0 aromatic carbocycles. The lowest BCUT2D eigenvalue weighted by atomic mass is 10.4. The van der Waals surface area contributed by atoms with Crippen LogP contribution in [0.1, 0.15) is 17.2 Å². The average molecular weight is 188 g/mol. The molecule has 0 bridgehead atoms. The summed E-state index contributed by atoms with van der Waals surface area (Å²) in [6.45, 7) is 5.84. The molecule has 2 heterocycles. The van der Waals surface area contributed by atoms with Gasteiger partial charge in [-0.05, 0) is 26.8 Å². The first-order valence-corrected chi connectivity index (χ1v) is 4.50. The molecule has 0 radical (unpaired) electrons. The predicted octanol–water partition coefficient (Wildman–Crippen LogP) is 1.59. The molecule has 0 aliphatic rings. The molecule has 0 saturated carbocycles. The SMILES string of the molecule is Cc1cc(-n2nccc2C)nc(C)n1. The Hall–Kier alpha value is -1.71. The van der Waals surface area contributed by atoms with Gasteiger partial charge in [0.05, 0.1) is 0 Å². The minimum Gasteiger partial charge on any atom is -0.238 e. The summed E-state index contributed by atoms with van der Waals surface area (Å²) in [5.41, 5.74) is 2.03. The highest BCUT2D eigenvalue weighted by Gasteiger charge is 2.03. The van der Waals surface area contributed by atoms with Crippen molar-refractivity contribution in [1.82, 2.24) is 19.7 Å². The Morgan fingerprint density at radius 2 is 1.93 bits per heavy atom. The monoisotopic (exact) mass is 188 g/mol. The van der Waals surface area contributed by atoms with Crippen molar-refractivity contribution in [3.05, 3.63) is 35.5 Å². The quantitative estimate of drug-likeness (QED) is 0.682. The van der Waals surface area contributed by atoms with Gasteiger partial charge in [-0.3, -0.25) is 0 Å². The van der Waals surface area contributed by atoms with Crippen molar-refractivity contribution in [2.75, 3.05) is 0 Å². The summed E-state index contributed by atoms with van der Waals surface area (Å²) in [6, 6.07) is 3.87. The Balaban J connectivity index is 2.57. The Morgan fingerprint density at radius 3 is 2.50 bits per heavy atom. The summed E-state index contributed by atoms with van der Waals surface area (Å²) < 4.78 is 1.81. The van der Waals surface area contributed by atoms with Crippen molar-refractivity contribution < 1.29 is 0 Å². The van der Waals surface area contributed by atoms with E-state index in [0.717, 1.165) is 23.0 Å². The van der Waals surface area contributed by atoms with Crippen molar-refractivity contribution in [1.29, 1.82) is 0 Å². The lowest BCUT2D eigenvalue weighted by Gasteiger charge is -2.04. The van der Waals surface area contributed by atoms with E-state index in [1.54, 1.807) is 6.20 Å². The molecule has 72 valence electrons. The van der Waals surface area contributed by atoms with Gasteiger partial charge in [0.2, 0.25) is 0 Å². The van der Waals surface area contributed by atoms with Crippen LogP contribution >= 0.6 is 0 Å². The van der Waals surface area contributed by atoms with Gasteiger partial charge in [0.1, 0.15) is 5.82 Å². The Bertz CT molecular complexity index is 439. The first kappa shape index (κ1) is 8.87. The van der Waals surface area contributed by atoms with Gasteiger partial charge in [0.25, 0.3) is 0 Å². The molecule has 0 atom stereocenters. The van der Waals surface area contributed by atoms with Crippen LogP contribution in [0.5, 0.6) is 0 Å². The zero-order valence-electron chi connectivity index (χ0n) is 8.52. The highest BCUT2D eigenvalue weighted by molar-refractivity contribution is 5.25. The van der Waals surface area contributed by atoms with Crippen LogP contribution < -0.4 is 0 Å². The first-order valence-electron chi connectivity index (χ1n) is 4.50. The van der Waals surface area contributed by atoms with E-state index in [0.29, 0.717) is 0 Å². The van der Waals surface area contributed by atoms with Crippen LogP contribution in [0.4, 0.5) is 0 Å². The van der Waals surface area contributed by atoms with Gasteiger partial charge in [0.15, 0.2) is 5.82 Å². The third-order valence-corrected chi connectivity index (χ3v) is 2.00. The summed E-state index contributed by atoms with van der Waals surface area (Å²) >= 11 is 0. The second-order valence-electron chi connectivity index (χ2n) is 3.30. The molecule has 4 heteroatoms. The molecule has 4 nitrogen and oxygen atoms in total. The lowest BCUT2D eigenvalue weighted by molar-refractivity contribution is 0.798. The van der Waals surface area contributed by atoms with Crippen LogP contribution in [0.15, 0.2) is 18.3 Å². The van der Waals surface area contributed by atoms with Crippen LogP contribution in [-0.4, -0.2) is 19.7 Å². The second-order valence-corrected chi connectivity index (χ2v) is 3.30. The predicted molar refractivity (Wildman–Crippen MR) is 53.4 cm³/mol. The third-order valence-electron chi connectivity index (χ3n) is 2.00. The average Bonchev–Trinajstić information content (AvgIpc) is 2.49. The van der Waals surface area contributed by atoms with Crippen molar-refractivity contribution >= 4 is 0 Å². The van der Waals surface area contributed by atoms with Crippen LogP contribution in [0.25, 0.3) is 5.82 Å². The molecule has 0 spiro atoms. The Morgan fingerprint density at radius 1 is 1.14 bits per heavy atom. The summed E-state index contributed by atoms with van der Waals surface area (Å²) in [5, 5.41) is 4.19. The summed E-state index contributed by atoms with van der Waals surface area (Å²) in [6.07, 6.45) is 1.77. The minimum absolute atomic E-state index is 0.773. The van der Waals surface area contributed by atoms with Gasteiger partial charge in [-0.25, -0.2) is 14.6 Å². The van der Waals surface area contributed by atoms with Crippen molar-refractivity contribution in [3.8, 4) is 5.82 Å². The van der Waals surface area contributed by atoms with E-state index >= 15 is 0 Å². The number of rotatable bonds is 1. The normalized spacial score (nSPS) is 10.5. The standard InChI is InChI=1S/C10H12N4/c1-7-6-10(13-9(3)12-7)14-8(2)4-5-11-14/h4-6H,1-3H3. The lowest BCUT2D eigenvalue weighted by Crippen LogP contribution is -2.04. The maximum Gasteiger partial charge on any atom is 0.157 e. The highest BCUT2D eigenvalue weighted by atomic mass is 15.3.